The summed E-state index contributed by atoms with van der Waals surface area (Å²) in [4.78, 5) is 13.3. The van der Waals surface area contributed by atoms with Crippen LogP contribution in [0.4, 0.5) is 4.39 Å². The highest BCUT2D eigenvalue weighted by atomic mass is 35.5. The van der Waals surface area contributed by atoms with Gasteiger partial charge in [0.2, 0.25) is 0 Å². The zero-order chi connectivity index (χ0) is 12.1. The Morgan fingerprint density at radius 3 is 2.81 bits per heavy atom. The van der Waals surface area contributed by atoms with Crippen molar-refractivity contribution in [1.29, 1.82) is 0 Å². The molecular weight excluding hydrogens is 231 g/mol. The normalized spacial score (nSPS) is 10.2. The summed E-state index contributed by atoms with van der Waals surface area (Å²) in [5.74, 6) is -0.791. The average molecular weight is 245 g/mol. The summed E-state index contributed by atoms with van der Waals surface area (Å²) in [7, 11) is 3.48. The number of benzene rings is 1. The molecule has 0 spiro atoms. The second-order valence-corrected chi connectivity index (χ2v) is 3.87. The fourth-order valence-corrected chi connectivity index (χ4v) is 1.35. The lowest BCUT2D eigenvalue weighted by molar-refractivity contribution is 0.0796. The number of nitrogens with zero attached hydrogens (tertiary/aromatic N) is 1. The first kappa shape index (κ1) is 12.9. The Kier molecular flexibility index (Phi) is 4.71. The molecule has 0 fully saturated rings. The molecule has 1 rings (SSSR count). The number of hydrogen-bond acceptors (Lipinski definition) is 2. The topological polar surface area (TPSA) is 32.3 Å². The van der Waals surface area contributed by atoms with Crippen LogP contribution in [-0.2, 0) is 0 Å². The van der Waals surface area contributed by atoms with Crippen molar-refractivity contribution in [3.63, 3.8) is 0 Å². The smallest absolute Gasteiger partial charge is 0.253 e. The standard InChI is InChI=1S/C11H14ClFN2O/c1-14-5-6-15(2)11(16)8-3-4-9(12)10(13)7-8/h3-4,7,14H,5-6H2,1-2H3. The predicted octanol–water partition coefficient (Wildman–Crippen LogP) is 1.77. The number of nitrogens with one attached hydrogen (secondary N) is 1. The number of hydrogen-bond donors (Lipinski definition) is 1. The van der Waals surface area contributed by atoms with Gasteiger partial charge in [-0.05, 0) is 25.2 Å². The van der Waals surface area contributed by atoms with Gasteiger partial charge in [0, 0.05) is 25.7 Å². The van der Waals surface area contributed by atoms with Crippen LogP contribution in [0.2, 0.25) is 5.02 Å². The zero-order valence-electron chi connectivity index (χ0n) is 9.26. The van der Waals surface area contributed by atoms with E-state index in [4.69, 9.17) is 11.6 Å². The molecule has 0 aliphatic carbocycles. The summed E-state index contributed by atoms with van der Waals surface area (Å²) < 4.78 is 13.1. The summed E-state index contributed by atoms with van der Waals surface area (Å²) in [5.41, 5.74) is 0.306. The molecule has 1 amide bonds. The Morgan fingerprint density at radius 2 is 2.25 bits per heavy atom. The molecule has 0 bridgehead atoms. The number of rotatable bonds is 4. The molecule has 0 atom stereocenters. The number of carbonyl (C=O) groups excluding carboxylic acids is 1. The van der Waals surface area contributed by atoms with Crippen LogP contribution < -0.4 is 5.32 Å². The molecule has 0 heterocycles. The summed E-state index contributed by atoms with van der Waals surface area (Å²) in [6.45, 7) is 1.26. The summed E-state index contributed by atoms with van der Waals surface area (Å²) in [6.07, 6.45) is 0. The lowest BCUT2D eigenvalue weighted by atomic mass is 10.2. The number of likely N-dealkylation sites (N-methyl/N-ethyl adjacent to an activating group) is 2. The van der Waals surface area contributed by atoms with Crippen molar-refractivity contribution < 1.29 is 9.18 Å². The molecule has 3 nitrogen and oxygen atoms in total. The van der Waals surface area contributed by atoms with E-state index in [0.717, 1.165) is 6.07 Å². The van der Waals surface area contributed by atoms with E-state index in [2.05, 4.69) is 5.32 Å². The van der Waals surface area contributed by atoms with Gasteiger partial charge in [0.1, 0.15) is 5.82 Å². The van der Waals surface area contributed by atoms with Crippen LogP contribution in [0.15, 0.2) is 18.2 Å². The van der Waals surface area contributed by atoms with E-state index in [9.17, 15) is 9.18 Å². The Labute approximate surface area is 99.2 Å². The van der Waals surface area contributed by atoms with E-state index >= 15 is 0 Å². The number of carbonyl (C=O) groups is 1. The Balaban J connectivity index is 2.76. The maximum absolute atomic E-state index is 13.1. The molecule has 1 aromatic rings. The molecule has 88 valence electrons. The molecule has 16 heavy (non-hydrogen) atoms. The minimum absolute atomic E-state index is 0.0226. The molecule has 0 radical (unpaired) electrons. The van der Waals surface area contributed by atoms with Gasteiger partial charge in [-0.2, -0.15) is 0 Å². The highest BCUT2D eigenvalue weighted by molar-refractivity contribution is 6.30. The Hall–Kier alpha value is -1.13. The second-order valence-electron chi connectivity index (χ2n) is 3.46. The third kappa shape index (κ3) is 3.18. The molecule has 1 aromatic carbocycles. The Bertz CT molecular complexity index is 384. The zero-order valence-corrected chi connectivity index (χ0v) is 10.0. The summed E-state index contributed by atoms with van der Waals surface area (Å²) in [6, 6.07) is 4.06. The molecule has 1 N–H and O–H groups in total. The minimum Gasteiger partial charge on any atom is -0.340 e. The van der Waals surface area contributed by atoms with Crippen molar-refractivity contribution in [1.82, 2.24) is 10.2 Å². The molecule has 0 saturated carbocycles. The van der Waals surface area contributed by atoms with Gasteiger partial charge in [0.25, 0.3) is 5.91 Å². The first-order valence-corrected chi connectivity index (χ1v) is 5.29. The quantitative estimate of drug-likeness (QED) is 0.876. The SMILES string of the molecule is CNCCN(C)C(=O)c1ccc(Cl)c(F)c1. The first-order valence-electron chi connectivity index (χ1n) is 4.91. The van der Waals surface area contributed by atoms with Crippen molar-refractivity contribution >= 4 is 17.5 Å². The van der Waals surface area contributed by atoms with Crippen LogP contribution in [-0.4, -0.2) is 38.0 Å². The molecule has 5 heteroatoms. The van der Waals surface area contributed by atoms with E-state index in [1.807, 2.05) is 0 Å². The van der Waals surface area contributed by atoms with E-state index in [1.165, 1.54) is 17.0 Å². The van der Waals surface area contributed by atoms with E-state index in [1.54, 1.807) is 14.1 Å². The monoisotopic (exact) mass is 244 g/mol. The fraction of sp³-hybridized carbons (Fsp3) is 0.364. The molecule has 0 saturated heterocycles. The van der Waals surface area contributed by atoms with Crippen LogP contribution in [0.5, 0.6) is 0 Å². The molecule has 0 aliphatic heterocycles. The van der Waals surface area contributed by atoms with Crippen molar-refractivity contribution in [2.45, 2.75) is 0 Å². The van der Waals surface area contributed by atoms with Crippen LogP contribution >= 0.6 is 11.6 Å². The van der Waals surface area contributed by atoms with E-state index in [-0.39, 0.29) is 10.9 Å². The van der Waals surface area contributed by atoms with E-state index < -0.39 is 5.82 Å². The minimum atomic E-state index is -0.575. The lowest BCUT2D eigenvalue weighted by Crippen LogP contribution is -2.32. The number of amides is 1. The largest absolute Gasteiger partial charge is 0.340 e. The van der Waals surface area contributed by atoms with Gasteiger partial charge in [-0.3, -0.25) is 4.79 Å². The van der Waals surface area contributed by atoms with Gasteiger partial charge in [0.15, 0.2) is 0 Å². The average Bonchev–Trinajstić information content (AvgIpc) is 2.28. The van der Waals surface area contributed by atoms with Crippen molar-refractivity contribution in [3.8, 4) is 0 Å². The van der Waals surface area contributed by atoms with Crippen molar-refractivity contribution in [2.75, 3.05) is 27.2 Å². The second kappa shape index (κ2) is 5.82. The van der Waals surface area contributed by atoms with Crippen LogP contribution in [0.25, 0.3) is 0 Å². The van der Waals surface area contributed by atoms with Crippen LogP contribution in [0.3, 0.4) is 0 Å². The fourth-order valence-electron chi connectivity index (χ4n) is 1.23. The molecular formula is C11H14ClFN2O. The highest BCUT2D eigenvalue weighted by Crippen LogP contribution is 2.16. The third-order valence-electron chi connectivity index (χ3n) is 2.21. The molecule has 0 aliphatic rings. The maximum atomic E-state index is 13.1. The lowest BCUT2D eigenvalue weighted by Gasteiger charge is -2.16. The molecule has 0 unspecified atom stereocenters. The molecule has 0 aromatic heterocycles. The third-order valence-corrected chi connectivity index (χ3v) is 2.52. The number of halogens is 2. The van der Waals surface area contributed by atoms with Crippen LogP contribution in [0.1, 0.15) is 10.4 Å². The van der Waals surface area contributed by atoms with Crippen LogP contribution in [0, 0.1) is 5.82 Å². The highest BCUT2D eigenvalue weighted by Gasteiger charge is 2.12. The summed E-state index contributed by atoms with van der Waals surface area (Å²) >= 11 is 5.54. The van der Waals surface area contributed by atoms with Gasteiger partial charge in [0.05, 0.1) is 5.02 Å². The van der Waals surface area contributed by atoms with Gasteiger partial charge >= 0.3 is 0 Å². The van der Waals surface area contributed by atoms with Crippen molar-refractivity contribution in [2.24, 2.45) is 0 Å². The van der Waals surface area contributed by atoms with Gasteiger partial charge in [-0.1, -0.05) is 11.6 Å². The van der Waals surface area contributed by atoms with Gasteiger partial charge in [-0.25, -0.2) is 4.39 Å². The summed E-state index contributed by atoms with van der Waals surface area (Å²) in [5, 5.41) is 2.96. The van der Waals surface area contributed by atoms with Gasteiger partial charge < -0.3 is 10.2 Å². The van der Waals surface area contributed by atoms with E-state index in [0.29, 0.717) is 18.7 Å². The maximum Gasteiger partial charge on any atom is 0.253 e. The van der Waals surface area contributed by atoms with Crippen molar-refractivity contribution in [3.05, 3.63) is 34.6 Å². The predicted molar refractivity (Wildman–Crippen MR) is 62.3 cm³/mol. The van der Waals surface area contributed by atoms with Gasteiger partial charge in [-0.15, -0.1) is 0 Å². The first-order chi connectivity index (χ1) is 7.56. The Morgan fingerprint density at radius 1 is 1.56 bits per heavy atom.